The maximum absolute atomic E-state index is 12.0. The van der Waals surface area contributed by atoms with Gasteiger partial charge in [0.1, 0.15) is 17.4 Å². The number of rotatable bonds is 4. The summed E-state index contributed by atoms with van der Waals surface area (Å²) in [7, 11) is 0. The molecule has 0 fully saturated rings. The standard InChI is InChI=1S/C18H22O3/c1-4-12(2)10-13(3)8-9-15-11-14-6-5-7-16(19)17(14)18(20)21-15/h5-10,12,15,19H,4,11H2,1-3H3/b9-8+,13-10+/t12-,15+/m0/s1. The minimum Gasteiger partial charge on any atom is -0.507 e. The molecule has 3 nitrogen and oxygen atoms in total. The summed E-state index contributed by atoms with van der Waals surface area (Å²) < 4.78 is 5.36. The number of fused-ring (bicyclic) bond motifs is 1. The van der Waals surface area contributed by atoms with Gasteiger partial charge < -0.3 is 9.84 Å². The summed E-state index contributed by atoms with van der Waals surface area (Å²) >= 11 is 0. The predicted molar refractivity (Wildman–Crippen MR) is 83.4 cm³/mol. The molecule has 0 saturated carbocycles. The summed E-state index contributed by atoms with van der Waals surface area (Å²) in [6.07, 6.45) is 7.56. The third-order valence-corrected chi connectivity index (χ3v) is 3.78. The van der Waals surface area contributed by atoms with Gasteiger partial charge in [-0.15, -0.1) is 0 Å². The summed E-state index contributed by atoms with van der Waals surface area (Å²) in [5.41, 5.74) is 2.31. The summed E-state index contributed by atoms with van der Waals surface area (Å²) in [6.45, 7) is 6.38. The number of hydrogen-bond donors (Lipinski definition) is 1. The molecule has 2 atom stereocenters. The van der Waals surface area contributed by atoms with E-state index in [1.807, 2.05) is 25.1 Å². The lowest BCUT2D eigenvalue weighted by atomic mass is 9.97. The van der Waals surface area contributed by atoms with E-state index in [0.29, 0.717) is 17.9 Å². The second-order valence-electron chi connectivity index (χ2n) is 5.61. The fourth-order valence-corrected chi connectivity index (χ4v) is 2.44. The molecule has 0 bridgehead atoms. The van der Waals surface area contributed by atoms with Crippen molar-refractivity contribution in [2.45, 2.75) is 39.7 Å². The largest absolute Gasteiger partial charge is 0.507 e. The lowest BCUT2D eigenvalue weighted by Crippen LogP contribution is -2.26. The number of hydrogen-bond acceptors (Lipinski definition) is 3. The SMILES string of the molecule is CC[C@H](C)/C=C(C)/C=C/[C@@H]1Cc2cccc(O)c2C(=O)O1. The molecule has 0 amide bonds. The average molecular weight is 286 g/mol. The van der Waals surface area contributed by atoms with Crippen LogP contribution < -0.4 is 0 Å². The number of cyclic esters (lactones) is 1. The van der Waals surface area contributed by atoms with Crippen LogP contribution in [-0.2, 0) is 11.2 Å². The van der Waals surface area contributed by atoms with Gasteiger partial charge in [-0.2, -0.15) is 0 Å². The average Bonchev–Trinajstić information content (AvgIpc) is 2.44. The van der Waals surface area contributed by atoms with E-state index in [-0.39, 0.29) is 11.9 Å². The first-order chi connectivity index (χ1) is 10.0. The van der Waals surface area contributed by atoms with Crippen LogP contribution in [0.15, 0.2) is 42.0 Å². The molecule has 1 N–H and O–H groups in total. The maximum Gasteiger partial charge on any atom is 0.342 e. The summed E-state index contributed by atoms with van der Waals surface area (Å²) in [4.78, 5) is 12.0. The van der Waals surface area contributed by atoms with Gasteiger partial charge in [0.2, 0.25) is 0 Å². The second-order valence-corrected chi connectivity index (χ2v) is 5.61. The highest BCUT2D eigenvalue weighted by molar-refractivity contribution is 5.95. The van der Waals surface area contributed by atoms with Gasteiger partial charge in [0.15, 0.2) is 0 Å². The Morgan fingerprint density at radius 3 is 3.00 bits per heavy atom. The third-order valence-electron chi connectivity index (χ3n) is 3.78. The van der Waals surface area contributed by atoms with Crippen LogP contribution in [-0.4, -0.2) is 17.2 Å². The van der Waals surface area contributed by atoms with E-state index in [0.717, 1.165) is 12.0 Å². The van der Waals surface area contributed by atoms with Crippen molar-refractivity contribution in [3.8, 4) is 5.75 Å². The number of phenolic OH excluding ortho intramolecular Hbond substituents is 1. The zero-order valence-electron chi connectivity index (χ0n) is 12.8. The summed E-state index contributed by atoms with van der Waals surface area (Å²) in [6, 6.07) is 5.12. The molecule has 0 aliphatic carbocycles. The molecular weight excluding hydrogens is 264 g/mol. The highest BCUT2D eigenvalue weighted by Crippen LogP contribution is 2.28. The Kier molecular flexibility index (Phi) is 4.84. The molecule has 0 unspecified atom stereocenters. The maximum atomic E-state index is 12.0. The van der Waals surface area contributed by atoms with Gasteiger partial charge in [-0.05, 0) is 30.5 Å². The van der Waals surface area contributed by atoms with Crippen molar-refractivity contribution in [1.29, 1.82) is 0 Å². The van der Waals surface area contributed by atoms with Crippen molar-refractivity contribution in [3.05, 3.63) is 53.1 Å². The van der Waals surface area contributed by atoms with Crippen molar-refractivity contribution < 1.29 is 14.6 Å². The third kappa shape index (κ3) is 3.75. The molecule has 112 valence electrons. The van der Waals surface area contributed by atoms with E-state index in [2.05, 4.69) is 19.9 Å². The van der Waals surface area contributed by atoms with Gasteiger partial charge in [0.05, 0.1) is 0 Å². The number of carbonyl (C=O) groups is 1. The molecule has 1 heterocycles. The Labute approximate surface area is 125 Å². The van der Waals surface area contributed by atoms with E-state index in [1.54, 1.807) is 6.07 Å². The minimum absolute atomic E-state index is 0.00669. The van der Waals surface area contributed by atoms with E-state index in [9.17, 15) is 9.90 Å². The molecular formula is C18H22O3. The van der Waals surface area contributed by atoms with Crippen LogP contribution in [0, 0.1) is 5.92 Å². The van der Waals surface area contributed by atoms with Crippen molar-refractivity contribution in [3.63, 3.8) is 0 Å². The molecule has 0 aromatic heterocycles. The molecule has 1 aromatic carbocycles. The Bertz CT molecular complexity index is 584. The predicted octanol–water partition coefficient (Wildman–Crippen LogP) is 4.02. The molecule has 1 aliphatic rings. The van der Waals surface area contributed by atoms with E-state index < -0.39 is 5.97 Å². The monoisotopic (exact) mass is 286 g/mol. The van der Waals surface area contributed by atoms with Crippen molar-refractivity contribution in [1.82, 2.24) is 0 Å². The fraction of sp³-hybridized carbons (Fsp3) is 0.389. The Morgan fingerprint density at radius 2 is 2.29 bits per heavy atom. The first-order valence-corrected chi connectivity index (χ1v) is 7.39. The number of phenols is 1. The Morgan fingerprint density at radius 1 is 1.52 bits per heavy atom. The van der Waals surface area contributed by atoms with Gasteiger partial charge in [-0.1, -0.05) is 50.1 Å². The van der Waals surface area contributed by atoms with Crippen LogP contribution in [0.3, 0.4) is 0 Å². The van der Waals surface area contributed by atoms with Crippen LogP contribution in [0.2, 0.25) is 0 Å². The molecule has 21 heavy (non-hydrogen) atoms. The quantitative estimate of drug-likeness (QED) is 0.671. The summed E-state index contributed by atoms with van der Waals surface area (Å²) in [5, 5.41) is 9.73. The second kappa shape index (κ2) is 6.61. The van der Waals surface area contributed by atoms with Crippen LogP contribution in [0.4, 0.5) is 0 Å². The van der Waals surface area contributed by atoms with Crippen molar-refractivity contribution in [2.24, 2.45) is 5.92 Å². The number of carbonyl (C=O) groups excluding carboxylic acids is 1. The molecule has 0 saturated heterocycles. The number of allylic oxidation sites excluding steroid dienone is 3. The van der Waals surface area contributed by atoms with Crippen molar-refractivity contribution in [2.75, 3.05) is 0 Å². The highest BCUT2D eigenvalue weighted by atomic mass is 16.5. The van der Waals surface area contributed by atoms with Crippen LogP contribution in [0.1, 0.15) is 43.1 Å². The lowest BCUT2D eigenvalue weighted by Gasteiger charge is -2.22. The van der Waals surface area contributed by atoms with Crippen LogP contribution in [0.5, 0.6) is 5.75 Å². The van der Waals surface area contributed by atoms with E-state index in [1.165, 1.54) is 11.6 Å². The van der Waals surface area contributed by atoms with Crippen molar-refractivity contribution >= 4 is 5.97 Å². The molecule has 2 rings (SSSR count). The Hall–Kier alpha value is -2.03. The van der Waals surface area contributed by atoms with Crippen LogP contribution >= 0.6 is 0 Å². The summed E-state index contributed by atoms with van der Waals surface area (Å²) in [5.74, 6) is 0.0848. The van der Waals surface area contributed by atoms with Gasteiger partial charge >= 0.3 is 5.97 Å². The molecule has 3 heteroatoms. The zero-order valence-corrected chi connectivity index (χ0v) is 12.8. The lowest BCUT2D eigenvalue weighted by molar-refractivity contribution is 0.0353. The number of esters is 1. The smallest absolute Gasteiger partial charge is 0.342 e. The van der Waals surface area contributed by atoms with E-state index in [4.69, 9.17) is 4.74 Å². The molecule has 0 radical (unpaired) electrons. The first-order valence-electron chi connectivity index (χ1n) is 7.39. The van der Waals surface area contributed by atoms with Crippen LogP contribution in [0.25, 0.3) is 0 Å². The van der Waals surface area contributed by atoms with Gasteiger partial charge in [-0.25, -0.2) is 4.79 Å². The highest BCUT2D eigenvalue weighted by Gasteiger charge is 2.27. The fourth-order valence-electron chi connectivity index (χ4n) is 2.44. The topological polar surface area (TPSA) is 46.5 Å². The van der Waals surface area contributed by atoms with Gasteiger partial charge in [-0.3, -0.25) is 0 Å². The van der Waals surface area contributed by atoms with Gasteiger partial charge in [0, 0.05) is 6.42 Å². The number of aromatic hydroxyl groups is 1. The molecule has 1 aromatic rings. The molecule has 0 spiro atoms. The zero-order chi connectivity index (χ0) is 15.4. The number of ether oxygens (including phenoxy) is 1. The van der Waals surface area contributed by atoms with E-state index >= 15 is 0 Å². The molecule has 1 aliphatic heterocycles. The minimum atomic E-state index is -0.451. The van der Waals surface area contributed by atoms with Gasteiger partial charge in [0.25, 0.3) is 0 Å². The number of benzene rings is 1. The first kappa shape index (κ1) is 15.4. The Balaban J connectivity index is 2.11. The normalized spacial score (nSPS) is 20.2.